The predicted molar refractivity (Wildman–Crippen MR) is 63.2 cm³/mol. The standard InChI is InChI=1S/C13H23NO2/c1-13(2)7-6-11(16-13)9-10-5-3-4-8-14-12(10)15/h10-11H,3-9H2,1-2H3,(H,14,15). The van der Waals surface area contributed by atoms with Crippen LogP contribution in [0.15, 0.2) is 0 Å². The lowest BCUT2D eigenvalue weighted by molar-refractivity contribution is -0.126. The molecule has 0 bridgehead atoms. The second kappa shape index (κ2) is 4.74. The summed E-state index contributed by atoms with van der Waals surface area (Å²) in [7, 11) is 0. The summed E-state index contributed by atoms with van der Waals surface area (Å²) in [6.45, 7) is 5.13. The quantitative estimate of drug-likeness (QED) is 0.782. The van der Waals surface area contributed by atoms with Gasteiger partial charge in [0.1, 0.15) is 0 Å². The van der Waals surface area contributed by atoms with Crippen molar-refractivity contribution in [1.29, 1.82) is 0 Å². The summed E-state index contributed by atoms with van der Waals surface area (Å²) < 4.78 is 5.96. The van der Waals surface area contributed by atoms with Crippen LogP contribution in [0.4, 0.5) is 0 Å². The van der Waals surface area contributed by atoms with Crippen molar-refractivity contribution in [3.8, 4) is 0 Å². The van der Waals surface area contributed by atoms with Crippen molar-refractivity contribution < 1.29 is 9.53 Å². The molecular weight excluding hydrogens is 202 g/mol. The Bertz CT molecular complexity index is 263. The van der Waals surface area contributed by atoms with Gasteiger partial charge in [-0.05, 0) is 46.0 Å². The highest BCUT2D eigenvalue weighted by molar-refractivity contribution is 5.78. The first kappa shape index (κ1) is 11.9. The van der Waals surface area contributed by atoms with Gasteiger partial charge in [0.2, 0.25) is 5.91 Å². The molecule has 0 radical (unpaired) electrons. The Morgan fingerprint density at radius 1 is 1.38 bits per heavy atom. The zero-order valence-electron chi connectivity index (χ0n) is 10.4. The molecule has 1 N–H and O–H groups in total. The van der Waals surface area contributed by atoms with Crippen molar-refractivity contribution >= 4 is 5.91 Å². The molecule has 0 aromatic rings. The summed E-state index contributed by atoms with van der Waals surface area (Å²) in [5, 5.41) is 2.99. The molecule has 2 fully saturated rings. The fourth-order valence-electron chi connectivity index (χ4n) is 2.79. The zero-order chi connectivity index (χ0) is 11.6. The van der Waals surface area contributed by atoms with E-state index in [0.29, 0.717) is 6.10 Å². The molecule has 0 aliphatic carbocycles. The predicted octanol–water partition coefficient (Wildman–Crippen LogP) is 2.25. The van der Waals surface area contributed by atoms with Crippen LogP contribution in [0.2, 0.25) is 0 Å². The fourth-order valence-corrected chi connectivity index (χ4v) is 2.79. The first-order valence-corrected chi connectivity index (χ1v) is 6.52. The van der Waals surface area contributed by atoms with Crippen molar-refractivity contribution in [2.75, 3.05) is 6.54 Å². The van der Waals surface area contributed by atoms with E-state index in [0.717, 1.165) is 38.6 Å². The van der Waals surface area contributed by atoms with E-state index >= 15 is 0 Å². The Labute approximate surface area is 97.9 Å². The molecule has 0 aromatic carbocycles. The number of carbonyl (C=O) groups is 1. The van der Waals surface area contributed by atoms with Crippen molar-refractivity contribution in [2.24, 2.45) is 5.92 Å². The molecule has 92 valence electrons. The van der Waals surface area contributed by atoms with Gasteiger partial charge in [0.05, 0.1) is 11.7 Å². The van der Waals surface area contributed by atoms with Crippen LogP contribution >= 0.6 is 0 Å². The van der Waals surface area contributed by atoms with E-state index in [-0.39, 0.29) is 17.4 Å². The molecule has 2 aliphatic heterocycles. The van der Waals surface area contributed by atoms with Crippen LogP contribution in [0.1, 0.15) is 52.4 Å². The lowest BCUT2D eigenvalue weighted by Gasteiger charge is -2.22. The Morgan fingerprint density at radius 2 is 2.19 bits per heavy atom. The molecule has 0 spiro atoms. The van der Waals surface area contributed by atoms with Gasteiger partial charge in [0.15, 0.2) is 0 Å². The van der Waals surface area contributed by atoms with Crippen LogP contribution < -0.4 is 5.32 Å². The number of ether oxygens (including phenoxy) is 1. The van der Waals surface area contributed by atoms with Crippen molar-refractivity contribution in [3.05, 3.63) is 0 Å². The molecule has 2 saturated heterocycles. The van der Waals surface area contributed by atoms with Crippen LogP contribution in [0, 0.1) is 5.92 Å². The van der Waals surface area contributed by atoms with E-state index in [9.17, 15) is 4.79 Å². The average molecular weight is 225 g/mol. The van der Waals surface area contributed by atoms with Crippen LogP contribution in [0.5, 0.6) is 0 Å². The van der Waals surface area contributed by atoms with Crippen LogP contribution in [0.3, 0.4) is 0 Å². The lowest BCUT2D eigenvalue weighted by Crippen LogP contribution is -2.31. The third-order valence-corrected chi connectivity index (χ3v) is 3.75. The normalized spacial score (nSPS) is 34.5. The van der Waals surface area contributed by atoms with Gasteiger partial charge in [-0.3, -0.25) is 4.79 Å². The summed E-state index contributed by atoms with van der Waals surface area (Å²) in [6, 6.07) is 0. The molecule has 3 heteroatoms. The first-order chi connectivity index (χ1) is 7.57. The summed E-state index contributed by atoms with van der Waals surface area (Å²) in [6.07, 6.45) is 6.76. The molecule has 2 atom stereocenters. The molecule has 0 saturated carbocycles. The molecular formula is C13H23NO2. The first-order valence-electron chi connectivity index (χ1n) is 6.52. The Hall–Kier alpha value is -0.570. The van der Waals surface area contributed by atoms with Crippen LogP contribution in [-0.2, 0) is 9.53 Å². The third kappa shape index (κ3) is 2.97. The maximum Gasteiger partial charge on any atom is 0.223 e. The van der Waals surface area contributed by atoms with Crippen molar-refractivity contribution in [2.45, 2.75) is 64.1 Å². The summed E-state index contributed by atoms with van der Waals surface area (Å²) >= 11 is 0. The van der Waals surface area contributed by atoms with E-state index in [1.165, 1.54) is 6.42 Å². The second-order valence-electron chi connectivity index (χ2n) is 5.76. The smallest absolute Gasteiger partial charge is 0.223 e. The molecule has 1 amide bonds. The Kier molecular flexibility index (Phi) is 3.53. The minimum atomic E-state index is 0.0197. The molecule has 2 rings (SSSR count). The van der Waals surface area contributed by atoms with E-state index in [1.54, 1.807) is 0 Å². The minimum absolute atomic E-state index is 0.0197. The number of nitrogens with one attached hydrogen (secondary N) is 1. The van der Waals surface area contributed by atoms with Crippen LogP contribution in [-0.4, -0.2) is 24.2 Å². The van der Waals surface area contributed by atoms with Gasteiger partial charge >= 0.3 is 0 Å². The fraction of sp³-hybridized carbons (Fsp3) is 0.923. The highest BCUT2D eigenvalue weighted by Gasteiger charge is 2.34. The van der Waals surface area contributed by atoms with Gasteiger partial charge in [0, 0.05) is 12.5 Å². The number of rotatable bonds is 2. The van der Waals surface area contributed by atoms with Gasteiger partial charge < -0.3 is 10.1 Å². The molecule has 3 nitrogen and oxygen atoms in total. The largest absolute Gasteiger partial charge is 0.372 e. The average Bonchev–Trinajstić information content (AvgIpc) is 2.41. The van der Waals surface area contributed by atoms with E-state index in [2.05, 4.69) is 19.2 Å². The van der Waals surface area contributed by atoms with Crippen molar-refractivity contribution in [3.63, 3.8) is 0 Å². The maximum atomic E-state index is 11.8. The highest BCUT2D eigenvalue weighted by Crippen LogP contribution is 2.33. The van der Waals surface area contributed by atoms with Crippen LogP contribution in [0.25, 0.3) is 0 Å². The summed E-state index contributed by atoms with van der Waals surface area (Å²) in [5.74, 6) is 0.423. The van der Waals surface area contributed by atoms with E-state index < -0.39 is 0 Å². The second-order valence-corrected chi connectivity index (χ2v) is 5.76. The Balaban J connectivity index is 1.86. The lowest BCUT2D eigenvalue weighted by atomic mass is 9.94. The van der Waals surface area contributed by atoms with E-state index in [4.69, 9.17) is 4.74 Å². The monoisotopic (exact) mass is 225 g/mol. The van der Waals surface area contributed by atoms with Gasteiger partial charge in [-0.2, -0.15) is 0 Å². The SMILES string of the molecule is CC1(C)CCC(CC2CCCCNC2=O)O1. The van der Waals surface area contributed by atoms with Gasteiger partial charge in [-0.25, -0.2) is 0 Å². The van der Waals surface area contributed by atoms with Gasteiger partial charge in [0.25, 0.3) is 0 Å². The van der Waals surface area contributed by atoms with Crippen molar-refractivity contribution in [1.82, 2.24) is 5.32 Å². The number of amides is 1. The molecule has 16 heavy (non-hydrogen) atoms. The maximum absolute atomic E-state index is 11.8. The summed E-state index contributed by atoms with van der Waals surface area (Å²) in [4.78, 5) is 11.8. The van der Waals surface area contributed by atoms with Gasteiger partial charge in [-0.1, -0.05) is 6.42 Å². The topological polar surface area (TPSA) is 38.3 Å². The molecule has 2 heterocycles. The molecule has 0 aromatic heterocycles. The van der Waals surface area contributed by atoms with Gasteiger partial charge in [-0.15, -0.1) is 0 Å². The Morgan fingerprint density at radius 3 is 2.88 bits per heavy atom. The minimum Gasteiger partial charge on any atom is -0.372 e. The number of carbonyl (C=O) groups excluding carboxylic acids is 1. The summed E-state index contributed by atoms with van der Waals surface area (Å²) in [5.41, 5.74) is 0.0197. The highest BCUT2D eigenvalue weighted by atomic mass is 16.5. The third-order valence-electron chi connectivity index (χ3n) is 3.75. The number of hydrogen-bond donors (Lipinski definition) is 1. The zero-order valence-corrected chi connectivity index (χ0v) is 10.4. The number of hydrogen-bond acceptors (Lipinski definition) is 2. The molecule has 2 aliphatic rings. The van der Waals surface area contributed by atoms with E-state index in [1.807, 2.05) is 0 Å². The molecule has 2 unspecified atom stereocenters.